The minimum atomic E-state index is -3.32. The van der Waals surface area contributed by atoms with E-state index in [4.69, 9.17) is 8.92 Å². The number of nitrogens with one attached hydrogen (secondary N) is 2. The van der Waals surface area contributed by atoms with Gasteiger partial charge in [-0.1, -0.05) is 93.5 Å². The molecule has 2 saturated heterocycles. The van der Waals surface area contributed by atoms with Gasteiger partial charge in [0, 0.05) is 68.3 Å². The molecule has 2 aliphatic rings. The molecule has 0 bridgehead atoms. The smallest absolute Gasteiger partial charge is 0.351 e. The first kappa shape index (κ1) is 58.8. The summed E-state index contributed by atoms with van der Waals surface area (Å²) >= 11 is 0. The molecule has 2 fully saturated rings. The molecule has 7 rings (SSSR count). The maximum atomic E-state index is 15.1. The van der Waals surface area contributed by atoms with Gasteiger partial charge in [-0.15, -0.1) is 10.3 Å². The second-order valence-corrected chi connectivity index (χ2v) is 30.6. The van der Waals surface area contributed by atoms with Crippen LogP contribution in [0.4, 0.5) is 14.6 Å². The topological polar surface area (TPSA) is 180 Å². The van der Waals surface area contributed by atoms with E-state index in [1.54, 1.807) is 18.2 Å². The standard InChI is InChI=1S/C45H56F2N8O7S.C7H18S.C2H6/c1-28(2)34-22-35(37(57)23-36(34)56)39-50-51-43(60)55(39)32-14-10-30(11-15-32)26-53-20-18-52(19-21-53)25-29-8-12-31(13-9-29)40(58)48-38-16-17-54(42(59)49-38)41-45(46,47)24-33(62-41)27-61-63(6,7)44(3,4)5;1-7(2,3)8(4,5)6;1-2/h8-17,22-23,28,33,41,56-57H,18-21,24-27H2,1-7H3,(H,51,60)(H,48,49,58,59);1-6H3;1-2H3. The average molecular weight is 1060 g/mol. The van der Waals surface area contributed by atoms with Gasteiger partial charge >= 0.3 is 11.4 Å². The SMILES string of the molecule is CC.CC(C)(C)S(C)(C)C.CC(C)c1cc(-c2n[nH]c(=O)n2-c2ccc(CN3CCN(Cc4ccc(C(=O)Nc5ccn(C6OC(COS(C)(C)C(C)(C)C)CC6(F)F)c(=O)n5)cc4)CC3)cc2)c(O)cc1O. The highest BCUT2D eigenvalue weighted by Gasteiger charge is 2.52. The summed E-state index contributed by atoms with van der Waals surface area (Å²) < 4.78 is 44.3. The first-order chi connectivity index (χ1) is 33.9. The minimum absolute atomic E-state index is 0.0135. The maximum Gasteiger partial charge on any atom is 0.351 e. The number of rotatable bonds is 13. The molecule has 0 saturated carbocycles. The quantitative estimate of drug-likeness (QED) is 0.0882. The lowest BCUT2D eigenvalue weighted by atomic mass is 9.98. The van der Waals surface area contributed by atoms with Crippen molar-refractivity contribution in [2.45, 2.75) is 122 Å². The molecular weight excluding hydrogens is 975 g/mol. The van der Waals surface area contributed by atoms with Crippen molar-refractivity contribution in [1.82, 2.24) is 34.1 Å². The zero-order valence-corrected chi connectivity index (χ0v) is 47.1. The molecule has 1 amide bonds. The molecule has 15 nitrogen and oxygen atoms in total. The average Bonchev–Trinajstić information content (AvgIpc) is 3.83. The van der Waals surface area contributed by atoms with Crippen molar-refractivity contribution in [3.05, 3.63) is 116 Å². The minimum Gasteiger partial charge on any atom is -0.508 e. The van der Waals surface area contributed by atoms with Gasteiger partial charge < -0.3 is 24.4 Å². The van der Waals surface area contributed by atoms with E-state index in [2.05, 4.69) is 69.8 Å². The van der Waals surface area contributed by atoms with Gasteiger partial charge in [-0.2, -0.15) is 10.1 Å². The van der Waals surface area contributed by atoms with Gasteiger partial charge in [0.15, 0.2) is 5.82 Å². The molecular formula is C54H80F2N8O7S2. The van der Waals surface area contributed by atoms with Crippen molar-refractivity contribution < 1.29 is 32.7 Å². The highest BCUT2D eigenvalue weighted by Crippen LogP contribution is 2.54. The summed E-state index contributed by atoms with van der Waals surface area (Å²) in [5.41, 5.74) is 2.57. The Labute approximate surface area is 433 Å². The summed E-state index contributed by atoms with van der Waals surface area (Å²) in [7, 11) is -1.90. The van der Waals surface area contributed by atoms with Crippen LogP contribution in [0, 0.1) is 0 Å². The highest BCUT2D eigenvalue weighted by molar-refractivity contribution is 8.33. The van der Waals surface area contributed by atoms with Crippen molar-refractivity contribution in [3.63, 3.8) is 0 Å². The van der Waals surface area contributed by atoms with Gasteiger partial charge in [0.2, 0.25) is 6.23 Å². The predicted molar refractivity (Wildman–Crippen MR) is 296 cm³/mol. The largest absolute Gasteiger partial charge is 0.508 e. The Bertz CT molecular complexity index is 2740. The maximum absolute atomic E-state index is 15.1. The number of hydrogen-bond acceptors (Lipinski definition) is 11. The van der Waals surface area contributed by atoms with Crippen LogP contribution in [0.2, 0.25) is 0 Å². The molecule has 4 N–H and O–H groups in total. The third-order valence-electron chi connectivity index (χ3n) is 13.7. The lowest BCUT2D eigenvalue weighted by molar-refractivity contribution is -0.119. The number of anilines is 1. The predicted octanol–water partition coefficient (Wildman–Crippen LogP) is 10.1. The lowest BCUT2D eigenvalue weighted by Crippen LogP contribution is -2.45. The Morgan fingerprint density at radius 1 is 0.849 bits per heavy atom. The zero-order chi connectivity index (χ0) is 54.4. The molecule has 4 heterocycles. The Balaban J connectivity index is 0.000000901. The van der Waals surface area contributed by atoms with Gasteiger partial charge in [-0.25, -0.2) is 38.1 Å². The third-order valence-corrected chi connectivity index (χ3v) is 21.1. The zero-order valence-electron chi connectivity index (χ0n) is 45.5. The number of amides is 1. The van der Waals surface area contributed by atoms with Crippen LogP contribution in [-0.2, 0) is 22.0 Å². The number of halogens is 2. The van der Waals surface area contributed by atoms with Crippen LogP contribution in [0.25, 0.3) is 17.1 Å². The van der Waals surface area contributed by atoms with Crippen molar-refractivity contribution in [1.29, 1.82) is 0 Å². The van der Waals surface area contributed by atoms with Crippen LogP contribution >= 0.6 is 20.3 Å². The fourth-order valence-corrected chi connectivity index (χ4v) is 8.31. The van der Waals surface area contributed by atoms with Crippen LogP contribution < -0.4 is 16.7 Å². The molecule has 2 aliphatic heterocycles. The summed E-state index contributed by atoms with van der Waals surface area (Å²) in [4.78, 5) is 47.4. The molecule has 5 aromatic rings. The number of hydrogen-bond donors (Lipinski definition) is 4. The van der Waals surface area contributed by atoms with Gasteiger partial charge in [-0.3, -0.25) is 19.2 Å². The van der Waals surface area contributed by atoms with Crippen LogP contribution in [0.5, 0.6) is 11.5 Å². The van der Waals surface area contributed by atoms with E-state index < -0.39 is 52.3 Å². The number of benzene rings is 3. The summed E-state index contributed by atoms with van der Waals surface area (Å²) in [5.74, 6) is -3.86. The Hall–Kier alpha value is -5.05. The van der Waals surface area contributed by atoms with E-state index in [0.717, 1.165) is 54.6 Å². The summed E-state index contributed by atoms with van der Waals surface area (Å²) in [5, 5.41) is 30.2. The van der Waals surface area contributed by atoms with Crippen molar-refractivity contribution in [2.75, 3.05) is 69.4 Å². The second kappa shape index (κ2) is 23.7. The fourth-order valence-electron chi connectivity index (χ4n) is 7.46. The number of carbonyl (C=O) groups excluding carboxylic acids is 1. The van der Waals surface area contributed by atoms with Crippen LogP contribution in [0.1, 0.15) is 115 Å². The van der Waals surface area contributed by atoms with E-state index in [-0.39, 0.29) is 50.4 Å². The van der Waals surface area contributed by atoms with Crippen molar-refractivity contribution in [2.24, 2.45) is 0 Å². The number of phenolic OH excluding ortho intramolecular Hbond substituents is 2. The molecule has 2 unspecified atom stereocenters. The number of piperazine rings is 1. The molecule has 73 heavy (non-hydrogen) atoms. The number of phenols is 2. The second-order valence-electron chi connectivity index (χ2n) is 21.8. The first-order valence-electron chi connectivity index (χ1n) is 24.8. The monoisotopic (exact) mass is 1050 g/mol. The number of ether oxygens (including phenoxy) is 1. The molecule has 0 radical (unpaired) electrons. The highest BCUT2D eigenvalue weighted by atomic mass is 32.3. The number of H-pyrrole nitrogens is 1. The van der Waals surface area contributed by atoms with E-state index in [9.17, 15) is 24.6 Å². The lowest BCUT2D eigenvalue weighted by Gasteiger charge is -2.44. The number of aromatic amines is 1. The molecule has 2 atom stereocenters. The molecule has 404 valence electrons. The summed E-state index contributed by atoms with van der Waals surface area (Å²) in [6.07, 6.45) is 8.84. The number of aromatic nitrogens is 5. The number of aromatic hydroxyl groups is 2. The first-order valence-corrected chi connectivity index (χ1v) is 30.0. The van der Waals surface area contributed by atoms with Crippen LogP contribution in [0.15, 0.2) is 82.5 Å². The molecule has 3 aromatic carbocycles. The Morgan fingerprint density at radius 2 is 1.38 bits per heavy atom. The van der Waals surface area contributed by atoms with Gasteiger partial charge in [-0.05, 0) is 95.0 Å². The van der Waals surface area contributed by atoms with E-state index >= 15 is 8.78 Å². The molecule has 19 heteroatoms. The van der Waals surface area contributed by atoms with E-state index in [1.165, 1.54) is 16.7 Å². The fraction of sp³-hybridized carbons (Fsp3) is 0.537. The summed E-state index contributed by atoms with van der Waals surface area (Å²) in [6, 6.07) is 19.0. The number of alkyl halides is 2. The summed E-state index contributed by atoms with van der Waals surface area (Å²) in [6.45, 7) is 25.6. The molecule has 2 aromatic heterocycles. The van der Waals surface area contributed by atoms with Crippen molar-refractivity contribution >= 4 is 32.1 Å². The number of carbonyl (C=O) groups is 1. The van der Waals surface area contributed by atoms with Crippen molar-refractivity contribution in [3.8, 4) is 28.6 Å². The third kappa shape index (κ3) is 14.8. The molecule has 0 aliphatic carbocycles. The number of nitrogens with zero attached hydrogens (tertiary/aromatic N) is 6. The molecule has 0 spiro atoms. The van der Waals surface area contributed by atoms with Crippen LogP contribution in [-0.4, -0.2) is 136 Å². The Morgan fingerprint density at radius 3 is 1.88 bits per heavy atom. The van der Waals surface area contributed by atoms with E-state index in [1.807, 2.05) is 97.4 Å². The van der Waals surface area contributed by atoms with Gasteiger partial charge in [0.05, 0.1) is 24.0 Å². The van der Waals surface area contributed by atoms with E-state index in [0.29, 0.717) is 33.7 Å². The normalized spacial score (nSPS) is 18.1. The van der Waals surface area contributed by atoms with Crippen LogP contribution in [0.3, 0.4) is 0 Å². The van der Waals surface area contributed by atoms with Gasteiger partial charge in [0.1, 0.15) is 17.3 Å². The Kier molecular flexibility index (Phi) is 19.1. The van der Waals surface area contributed by atoms with Gasteiger partial charge in [0.25, 0.3) is 11.8 Å².